The molecule has 0 nitrogen and oxygen atoms in total. The van der Waals surface area contributed by atoms with Crippen molar-refractivity contribution in [3.63, 3.8) is 0 Å². The van der Waals surface area contributed by atoms with Gasteiger partial charge in [0.2, 0.25) is 0 Å². The average molecular weight is 280 g/mol. The van der Waals surface area contributed by atoms with Gasteiger partial charge in [-0.3, -0.25) is 0 Å². The van der Waals surface area contributed by atoms with Crippen molar-refractivity contribution in [2.24, 2.45) is 0 Å². The molecule has 40 valence electrons. The maximum atomic E-state index is 0. The molecule has 6 heavy (non-hydrogen) atoms. The minimum absolute atomic E-state index is 0. The number of halogens is 4. The van der Waals surface area contributed by atoms with Gasteiger partial charge in [-0.25, -0.2) is 0 Å². The van der Waals surface area contributed by atoms with Gasteiger partial charge in [-0.1, -0.05) is 0 Å². The number of hydrogen-bond acceptors (Lipinski definition) is 0. The zero-order chi connectivity index (χ0) is 0. The Hall–Kier alpha value is 2.62. The second kappa shape index (κ2) is 48.7. The van der Waals surface area contributed by atoms with Crippen LogP contribution in [0.3, 0.4) is 0 Å². The quantitative estimate of drug-likeness (QED) is 0.305. The third-order valence-electron chi connectivity index (χ3n) is 0. The summed E-state index contributed by atoms with van der Waals surface area (Å²) in [4.78, 5) is 0. The van der Waals surface area contributed by atoms with Gasteiger partial charge >= 0.3 is 89.1 Å². The Morgan fingerprint density at radius 1 is 0.500 bits per heavy atom. The van der Waals surface area contributed by atoms with E-state index in [4.69, 9.17) is 0 Å². The smallest absolute Gasteiger partial charge is 1.00 e. The summed E-state index contributed by atoms with van der Waals surface area (Å²) in [5.74, 6) is 0. The molecule has 0 bridgehead atoms. The Morgan fingerprint density at radius 2 is 0.500 bits per heavy atom. The van der Waals surface area contributed by atoms with Crippen molar-refractivity contribution >= 4 is 0 Å². The van der Waals surface area contributed by atoms with Crippen molar-refractivity contribution in [2.75, 3.05) is 0 Å². The summed E-state index contributed by atoms with van der Waals surface area (Å²) in [7, 11) is 0. The van der Waals surface area contributed by atoms with E-state index in [0.717, 1.165) is 0 Å². The van der Waals surface area contributed by atoms with E-state index in [1.165, 1.54) is 0 Å². The van der Waals surface area contributed by atoms with Crippen LogP contribution in [0.2, 0.25) is 0 Å². The number of hydrogen-bond donors (Lipinski definition) is 0. The zero-order valence-electron chi connectivity index (χ0n) is 2.81. The summed E-state index contributed by atoms with van der Waals surface area (Å²) in [5.41, 5.74) is 0. The first kappa shape index (κ1) is 73.0. The predicted octanol–water partition coefficient (Wildman–Crippen LogP) is -15.0. The maximum Gasteiger partial charge on any atom is 3.00 e. The van der Waals surface area contributed by atoms with Gasteiger partial charge in [-0.15, -0.1) is 0 Å². The van der Waals surface area contributed by atoms with Crippen molar-refractivity contribution in [3.05, 3.63) is 0 Å². The third kappa shape index (κ3) is 30.5. The van der Waals surface area contributed by atoms with E-state index >= 15 is 0 Å². The molecule has 0 aromatic heterocycles. The zero-order valence-corrected chi connectivity index (χ0v) is 7.87. The van der Waals surface area contributed by atoms with E-state index in [-0.39, 0.29) is 108 Å². The van der Waals surface area contributed by atoms with Crippen LogP contribution < -0.4 is 70.2 Å². The van der Waals surface area contributed by atoms with E-state index in [2.05, 4.69) is 0 Å². The molecule has 0 saturated carbocycles. The van der Waals surface area contributed by atoms with E-state index in [0.29, 0.717) is 0 Å². The molecule has 0 saturated heterocycles. The molecule has 0 aliphatic rings. The van der Waals surface area contributed by atoms with Gasteiger partial charge < -0.3 is 18.8 Å². The van der Waals surface area contributed by atoms with Crippen molar-refractivity contribution < 1.29 is 108 Å². The molecule has 0 heterocycles. The molecule has 0 rings (SSSR count). The second-order valence-corrected chi connectivity index (χ2v) is 0. The van der Waals surface area contributed by atoms with Gasteiger partial charge in [-0.2, -0.15) is 0 Å². The molecule has 0 N–H and O–H groups in total. The Morgan fingerprint density at radius 3 is 0.500 bits per heavy atom. The van der Waals surface area contributed by atoms with Crippen LogP contribution in [-0.4, -0.2) is 0 Å². The van der Waals surface area contributed by atoms with E-state index < -0.39 is 0 Å². The monoisotopic (exact) mass is 280 g/mol. The van der Waals surface area contributed by atoms with Crippen LogP contribution in [0, 0.1) is 37.7 Å². The molecule has 0 fully saturated rings. The molecule has 0 unspecified atom stereocenters. The topological polar surface area (TPSA) is 0 Å². The molecule has 0 aliphatic carbocycles. The minimum Gasteiger partial charge on any atom is -1.00 e. The molecule has 6 heteroatoms. The van der Waals surface area contributed by atoms with Crippen LogP contribution in [0.5, 0.6) is 0 Å². The summed E-state index contributed by atoms with van der Waals surface area (Å²) < 4.78 is 0. The third-order valence-corrected chi connectivity index (χ3v) is 0. The Bertz CT molecular complexity index is 7.51. The first-order valence-corrected chi connectivity index (χ1v) is 0. The van der Waals surface area contributed by atoms with Gasteiger partial charge in [-0.05, 0) is 0 Å². The van der Waals surface area contributed by atoms with E-state index in [1.807, 2.05) is 0 Å². The predicted molar refractivity (Wildman–Crippen MR) is 0 cm³/mol. The van der Waals surface area contributed by atoms with Crippen molar-refractivity contribution in [2.45, 2.75) is 0 Å². The van der Waals surface area contributed by atoms with Crippen molar-refractivity contribution in [3.8, 4) is 0 Å². The molecule has 0 atom stereocenters. The van der Waals surface area contributed by atoms with Gasteiger partial charge in [0.1, 0.15) is 0 Å². The first-order valence-electron chi connectivity index (χ1n) is 0. The average Bonchev–Trinajstić information content (AvgIpc) is 0. The fraction of sp³-hybridized carbons (Fsp3) is 0. The molecule has 0 spiro atoms. The normalized spacial score (nSPS) is 0. The van der Waals surface area contributed by atoms with E-state index in [9.17, 15) is 0 Å². The molecule has 0 radical (unpaired) electrons. The Balaban J connectivity index is 0. The Labute approximate surface area is 105 Å². The van der Waals surface area contributed by atoms with Crippen LogP contribution in [0.1, 0.15) is 0 Å². The summed E-state index contributed by atoms with van der Waals surface area (Å²) >= 11 is 0. The van der Waals surface area contributed by atoms with Gasteiger partial charge in [0.25, 0.3) is 0 Å². The van der Waals surface area contributed by atoms with Crippen LogP contribution in [-0.2, 0) is 0 Å². The molecule has 0 amide bonds. The SMILES string of the molecule is [F-].[F-].[F-].[F-].[Ho+3].[K+]. The van der Waals surface area contributed by atoms with E-state index in [1.54, 1.807) is 0 Å². The summed E-state index contributed by atoms with van der Waals surface area (Å²) in [6, 6.07) is 0. The van der Waals surface area contributed by atoms with Crippen LogP contribution in [0.25, 0.3) is 0 Å². The van der Waals surface area contributed by atoms with Gasteiger partial charge in [0.15, 0.2) is 0 Å². The van der Waals surface area contributed by atoms with Gasteiger partial charge in [0, 0.05) is 0 Å². The fourth-order valence-corrected chi connectivity index (χ4v) is 0. The standard InChI is InChI=1S/4FH.Ho.K/h4*1H;;/q;;;;+3;+1/p-4. The van der Waals surface area contributed by atoms with Gasteiger partial charge in [0.05, 0.1) is 0 Å². The first-order chi connectivity index (χ1) is 0. The largest absolute Gasteiger partial charge is 3.00 e. The molecular weight excluding hydrogens is 280 g/mol. The van der Waals surface area contributed by atoms with Crippen molar-refractivity contribution in [1.82, 2.24) is 0 Å². The summed E-state index contributed by atoms with van der Waals surface area (Å²) in [5, 5.41) is 0. The van der Waals surface area contributed by atoms with Crippen LogP contribution >= 0.6 is 0 Å². The second-order valence-electron chi connectivity index (χ2n) is 0. The maximum absolute atomic E-state index is 0. The van der Waals surface area contributed by atoms with Crippen molar-refractivity contribution in [1.29, 1.82) is 0 Å². The Kier molecular flexibility index (Phi) is 593. The molecular formula is F4HoK. The molecule has 0 aliphatic heterocycles. The minimum atomic E-state index is 0. The number of rotatable bonds is 0. The van der Waals surface area contributed by atoms with Crippen LogP contribution in [0.4, 0.5) is 0 Å². The fourth-order valence-electron chi connectivity index (χ4n) is 0. The molecule has 0 aromatic rings. The molecule has 0 aromatic carbocycles. The van der Waals surface area contributed by atoms with Crippen LogP contribution in [0.15, 0.2) is 0 Å². The summed E-state index contributed by atoms with van der Waals surface area (Å²) in [6.07, 6.45) is 0. The summed E-state index contributed by atoms with van der Waals surface area (Å²) in [6.45, 7) is 0.